The third kappa shape index (κ3) is 2.00. The second-order valence-corrected chi connectivity index (χ2v) is 8.73. The van der Waals surface area contributed by atoms with Gasteiger partial charge in [-0.25, -0.2) is 0 Å². The molecule has 4 aliphatic rings. The summed E-state index contributed by atoms with van der Waals surface area (Å²) in [5, 5.41) is 0. The lowest BCUT2D eigenvalue weighted by Gasteiger charge is -2.41. The molecule has 0 aromatic carbocycles. The summed E-state index contributed by atoms with van der Waals surface area (Å²) in [6.45, 7) is 6.30. The Bertz CT molecular complexity index is 677. The summed E-state index contributed by atoms with van der Waals surface area (Å²) >= 11 is 0. The lowest BCUT2D eigenvalue weighted by atomic mass is 9.61. The van der Waals surface area contributed by atoms with E-state index in [0.717, 1.165) is 38.5 Å². The van der Waals surface area contributed by atoms with Gasteiger partial charge in [0, 0.05) is 5.92 Å². The molecule has 3 saturated carbocycles. The number of carbonyl (C=O) groups excluding carboxylic acids is 2. The summed E-state index contributed by atoms with van der Waals surface area (Å²) in [6, 6.07) is 0. The number of ether oxygens (including phenoxy) is 2. The average Bonchev–Trinajstić information content (AvgIpc) is 3.04. The number of methoxy groups -OCH3 is 2. The molecule has 1 unspecified atom stereocenters. The predicted molar refractivity (Wildman–Crippen MR) is 93.5 cm³/mol. The lowest BCUT2D eigenvalue weighted by Crippen LogP contribution is -2.46. The van der Waals surface area contributed by atoms with Gasteiger partial charge in [-0.15, -0.1) is 0 Å². The van der Waals surface area contributed by atoms with E-state index in [1.54, 1.807) is 0 Å². The van der Waals surface area contributed by atoms with Crippen molar-refractivity contribution in [2.75, 3.05) is 14.2 Å². The molecule has 0 N–H and O–H groups in total. The van der Waals surface area contributed by atoms with Gasteiger partial charge in [-0.1, -0.05) is 23.8 Å². The fourth-order valence-corrected chi connectivity index (χ4v) is 6.82. The molecule has 25 heavy (non-hydrogen) atoms. The molecule has 0 amide bonds. The molecule has 3 fully saturated rings. The number of fused-ring (bicyclic) bond motifs is 3. The van der Waals surface area contributed by atoms with Crippen LogP contribution in [0.1, 0.15) is 45.4 Å². The van der Waals surface area contributed by atoms with Crippen LogP contribution in [-0.4, -0.2) is 26.2 Å². The minimum Gasteiger partial charge on any atom is -0.469 e. The van der Waals surface area contributed by atoms with E-state index in [0.29, 0.717) is 11.8 Å². The molecule has 0 aromatic rings. The van der Waals surface area contributed by atoms with Gasteiger partial charge >= 0.3 is 11.9 Å². The number of carbonyl (C=O) groups is 2. The van der Waals surface area contributed by atoms with Crippen LogP contribution < -0.4 is 0 Å². The van der Waals surface area contributed by atoms with Gasteiger partial charge in [-0.3, -0.25) is 9.59 Å². The molecule has 136 valence electrons. The van der Waals surface area contributed by atoms with Crippen molar-refractivity contribution in [2.24, 2.45) is 34.5 Å². The monoisotopic (exact) mass is 344 g/mol. The topological polar surface area (TPSA) is 52.6 Å². The Morgan fingerprint density at radius 2 is 2.00 bits per heavy atom. The standard InChI is InChI=1S/C21H28O4/c1-12-10-21-11-13(12)7-8-15(21)14-6-5-9-20(2,19(23)25-4)16(14)17(21)18(22)24-3/h6,13,15-17H,1,5,7-11H2,2-4H3/t13?,15-,16+,17+,20+,21-/m0/s1. The number of hydrogen-bond donors (Lipinski definition) is 0. The molecule has 2 bridgehead atoms. The summed E-state index contributed by atoms with van der Waals surface area (Å²) in [7, 11) is 2.92. The number of rotatable bonds is 2. The molecular weight excluding hydrogens is 316 g/mol. The van der Waals surface area contributed by atoms with Crippen LogP contribution in [0.4, 0.5) is 0 Å². The fourth-order valence-electron chi connectivity index (χ4n) is 6.82. The summed E-state index contributed by atoms with van der Waals surface area (Å²) in [5.74, 6) is 0.178. The van der Waals surface area contributed by atoms with Crippen molar-refractivity contribution in [3.05, 3.63) is 23.8 Å². The Labute approximate surface area is 149 Å². The first-order valence-corrected chi connectivity index (χ1v) is 9.43. The third-order valence-electron chi connectivity index (χ3n) is 7.81. The highest BCUT2D eigenvalue weighted by atomic mass is 16.5. The van der Waals surface area contributed by atoms with Gasteiger partial charge < -0.3 is 9.47 Å². The maximum absolute atomic E-state index is 13.0. The fraction of sp³-hybridized carbons (Fsp3) is 0.714. The molecule has 0 heterocycles. The lowest BCUT2D eigenvalue weighted by molar-refractivity contribution is -0.163. The van der Waals surface area contributed by atoms with Crippen LogP contribution in [0.25, 0.3) is 0 Å². The normalized spacial score (nSPS) is 44.6. The third-order valence-corrected chi connectivity index (χ3v) is 7.81. The smallest absolute Gasteiger partial charge is 0.312 e. The number of hydrogen-bond acceptors (Lipinski definition) is 4. The van der Waals surface area contributed by atoms with Crippen LogP contribution in [0.3, 0.4) is 0 Å². The zero-order chi connectivity index (χ0) is 18.0. The van der Waals surface area contributed by atoms with Crippen LogP contribution in [0.5, 0.6) is 0 Å². The Morgan fingerprint density at radius 3 is 2.68 bits per heavy atom. The zero-order valence-corrected chi connectivity index (χ0v) is 15.5. The first-order valence-electron chi connectivity index (χ1n) is 9.43. The molecule has 0 saturated heterocycles. The van der Waals surface area contributed by atoms with E-state index in [2.05, 4.69) is 12.7 Å². The van der Waals surface area contributed by atoms with Crippen molar-refractivity contribution >= 4 is 11.9 Å². The highest BCUT2D eigenvalue weighted by Gasteiger charge is 2.69. The first kappa shape index (κ1) is 16.9. The number of esters is 2. The van der Waals surface area contributed by atoms with Crippen molar-refractivity contribution in [3.8, 4) is 0 Å². The van der Waals surface area contributed by atoms with E-state index in [-0.39, 0.29) is 29.2 Å². The summed E-state index contributed by atoms with van der Waals surface area (Å²) in [5.41, 5.74) is 1.85. The van der Waals surface area contributed by atoms with Crippen LogP contribution >= 0.6 is 0 Å². The van der Waals surface area contributed by atoms with Crippen LogP contribution in [-0.2, 0) is 19.1 Å². The molecule has 0 radical (unpaired) electrons. The maximum Gasteiger partial charge on any atom is 0.312 e. The highest BCUT2D eigenvalue weighted by Crippen LogP contribution is 2.72. The van der Waals surface area contributed by atoms with E-state index in [1.165, 1.54) is 25.4 Å². The summed E-state index contributed by atoms with van der Waals surface area (Å²) in [4.78, 5) is 25.7. The van der Waals surface area contributed by atoms with Crippen molar-refractivity contribution in [1.82, 2.24) is 0 Å². The Balaban J connectivity index is 1.89. The zero-order valence-electron chi connectivity index (χ0n) is 15.5. The molecule has 4 aliphatic carbocycles. The van der Waals surface area contributed by atoms with E-state index in [1.807, 2.05) is 6.92 Å². The highest BCUT2D eigenvalue weighted by molar-refractivity contribution is 5.82. The minimum absolute atomic E-state index is 0.101. The molecule has 6 atom stereocenters. The van der Waals surface area contributed by atoms with Gasteiger partial charge in [0.05, 0.1) is 25.6 Å². The Kier molecular flexibility index (Phi) is 3.68. The second-order valence-electron chi connectivity index (χ2n) is 8.73. The van der Waals surface area contributed by atoms with E-state index in [4.69, 9.17) is 9.47 Å². The van der Waals surface area contributed by atoms with Gasteiger partial charge in [0.15, 0.2) is 0 Å². The first-order chi connectivity index (χ1) is 11.9. The average molecular weight is 344 g/mol. The maximum atomic E-state index is 13.0. The minimum atomic E-state index is -0.650. The summed E-state index contributed by atoms with van der Waals surface area (Å²) in [6.07, 6.45) is 8.08. The molecule has 1 spiro atoms. The predicted octanol–water partition coefficient (Wildman–Crippen LogP) is 3.67. The van der Waals surface area contributed by atoms with Crippen molar-refractivity contribution in [3.63, 3.8) is 0 Å². The van der Waals surface area contributed by atoms with E-state index < -0.39 is 5.41 Å². The summed E-state index contributed by atoms with van der Waals surface area (Å²) < 4.78 is 10.4. The van der Waals surface area contributed by atoms with Gasteiger partial charge in [-0.2, -0.15) is 0 Å². The van der Waals surface area contributed by atoms with E-state index in [9.17, 15) is 9.59 Å². The van der Waals surface area contributed by atoms with E-state index >= 15 is 0 Å². The molecule has 0 aromatic heterocycles. The van der Waals surface area contributed by atoms with Crippen LogP contribution in [0.15, 0.2) is 23.8 Å². The van der Waals surface area contributed by atoms with Crippen molar-refractivity contribution in [2.45, 2.75) is 45.4 Å². The van der Waals surface area contributed by atoms with Gasteiger partial charge in [0.25, 0.3) is 0 Å². The Morgan fingerprint density at radius 1 is 1.24 bits per heavy atom. The Hall–Kier alpha value is -1.58. The van der Waals surface area contributed by atoms with Gasteiger partial charge in [0.2, 0.25) is 0 Å². The van der Waals surface area contributed by atoms with Crippen molar-refractivity contribution in [1.29, 1.82) is 0 Å². The van der Waals surface area contributed by atoms with Gasteiger partial charge in [0.1, 0.15) is 0 Å². The molecule has 4 heteroatoms. The quantitative estimate of drug-likeness (QED) is 0.566. The second kappa shape index (κ2) is 5.46. The van der Waals surface area contributed by atoms with Crippen LogP contribution in [0.2, 0.25) is 0 Å². The largest absolute Gasteiger partial charge is 0.469 e. The van der Waals surface area contributed by atoms with Crippen molar-refractivity contribution < 1.29 is 19.1 Å². The number of allylic oxidation sites excluding steroid dienone is 3. The molecule has 4 nitrogen and oxygen atoms in total. The molecule has 0 aliphatic heterocycles. The van der Waals surface area contributed by atoms with Crippen LogP contribution in [0, 0.1) is 34.5 Å². The molecular formula is C21H28O4. The SMILES string of the molecule is C=C1C[C@]23CC1CC[C@H]2C1=CCC[C@@](C)(C(=O)OC)[C@H]1[C@@H]3C(=O)OC. The molecule has 4 rings (SSSR count). The van der Waals surface area contributed by atoms with Gasteiger partial charge in [-0.05, 0) is 62.7 Å².